The number of carboxylic acid groups (broad SMARTS) is 1. The summed E-state index contributed by atoms with van der Waals surface area (Å²) in [4.78, 5) is 27.9. The van der Waals surface area contributed by atoms with Crippen molar-refractivity contribution in [1.82, 2.24) is 14.9 Å². The monoisotopic (exact) mass is 419 g/mol. The highest BCUT2D eigenvalue weighted by atomic mass is 16.6. The van der Waals surface area contributed by atoms with Gasteiger partial charge >= 0.3 is 12.1 Å². The maximum Gasteiger partial charge on any atom is 0.408 e. The lowest BCUT2D eigenvalue weighted by Gasteiger charge is -2.53. The Bertz CT molecular complexity index is 756. The van der Waals surface area contributed by atoms with Gasteiger partial charge in [0, 0.05) is 18.3 Å². The maximum absolute atomic E-state index is 12.0. The Morgan fingerprint density at radius 2 is 1.83 bits per heavy atom. The lowest BCUT2D eigenvalue weighted by molar-refractivity contribution is -0.144. The van der Waals surface area contributed by atoms with Crippen LogP contribution in [0.4, 0.5) is 4.79 Å². The molecule has 8 heteroatoms. The van der Waals surface area contributed by atoms with Gasteiger partial charge in [0.15, 0.2) is 0 Å². The van der Waals surface area contributed by atoms with Gasteiger partial charge in [-0.2, -0.15) is 0 Å². The molecule has 0 radical (unpaired) electrons. The number of nitrogens with one attached hydrogen (secondary N) is 1. The predicted octanol–water partition coefficient (Wildman–Crippen LogP) is 3.20. The van der Waals surface area contributed by atoms with E-state index in [0.717, 1.165) is 11.8 Å². The molecule has 4 aliphatic rings. The van der Waals surface area contributed by atoms with Crippen LogP contribution in [0.15, 0.2) is 12.5 Å². The number of imidazole rings is 1. The molecule has 0 unspecified atom stereocenters. The molecular formula is C22H33N3O5. The zero-order valence-corrected chi connectivity index (χ0v) is 18.0. The van der Waals surface area contributed by atoms with Crippen LogP contribution in [0.3, 0.4) is 0 Å². The molecule has 8 nitrogen and oxygen atoms in total. The van der Waals surface area contributed by atoms with Crippen LogP contribution in [0, 0.1) is 23.7 Å². The van der Waals surface area contributed by atoms with Gasteiger partial charge in [0.05, 0.1) is 12.4 Å². The quantitative estimate of drug-likeness (QED) is 0.704. The Morgan fingerprint density at radius 1 is 1.20 bits per heavy atom. The largest absolute Gasteiger partial charge is 0.480 e. The standard InChI is InChI=1S/C22H33N3O5/c1-22(2,3)30-21(28)24-18(20(26)27)9-17-10-23-11-25(17)12-29-19-15-5-13-4-14(7-15)8-16(19)6-13/h10-11,13-16,18-19H,4-9,12H2,1-3H3,(H,24,28)(H,26,27)/t13?,14?,15?,16?,18-,19?/m0/s1. The molecule has 1 aromatic rings. The second-order valence-electron chi connectivity index (χ2n) is 10.3. The first-order valence-electron chi connectivity index (χ1n) is 11.0. The van der Waals surface area contributed by atoms with Crippen LogP contribution >= 0.6 is 0 Å². The number of amides is 1. The molecule has 30 heavy (non-hydrogen) atoms. The fourth-order valence-corrected chi connectivity index (χ4v) is 5.81. The Morgan fingerprint density at radius 3 is 2.40 bits per heavy atom. The molecule has 0 spiro atoms. The number of rotatable bonds is 7. The van der Waals surface area contributed by atoms with Crippen molar-refractivity contribution in [1.29, 1.82) is 0 Å². The molecular weight excluding hydrogens is 386 g/mol. The van der Waals surface area contributed by atoms with E-state index in [2.05, 4.69) is 10.3 Å². The summed E-state index contributed by atoms with van der Waals surface area (Å²) in [7, 11) is 0. The zero-order chi connectivity index (χ0) is 21.5. The topological polar surface area (TPSA) is 103 Å². The molecule has 4 bridgehead atoms. The fourth-order valence-electron chi connectivity index (χ4n) is 5.81. The van der Waals surface area contributed by atoms with Crippen molar-refractivity contribution in [2.45, 2.75) is 83.8 Å². The molecule has 0 aliphatic heterocycles. The van der Waals surface area contributed by atoms with Crippen molar-refractivity contribution in [3.63, 3.8) is 0 Å². The number of hydrogen-bond acceptors (Lipinski definition) is 5. The third-order valence-electron chi connectivity index (χ3n) is 6.75. The van der Waals surface area contributed by atoms with Crippen LogP contribution < -0.4 is 5.32 Å². The number of carbonyl (C=O) groups is 2. The van der Waals surface area contributed by atoms with Crippen molar-refractivity contribution < 1.29 is 24.2 Å². The summed E-state index contributed by atoms with van der Waals surface area (Å²) in [6.07, 6.45) is 9.51. The normalized spacial score (nSPS) is 30.8. The van der Waals surface area contributed by atoms with Crippen molar-refractivity contribution >= 4 is 12.1 Å². The number of carboxylic acids is 1. The minimum absolute atomic E-state index is 0.111. The first kappa shape index (κ1) is 21.2. The van der Waals surface area contributed by atoms with Crippen molar-refractivity contribution in [3.8, 4) is 0 Å². The van der Waals surface area contributed by atoms with Gasteiger partial charge in [0.25, 0.3) is 0 Å². The number of aliphatic carboxylic acids is 1. The average Bonchev–Trinajstić information content (AvgIpc) is 3.05. The SMILES string of the molecule is CC(C)(C)OC(=O)N[C@@H](Cc1cncn1COC1C2CC3CC(C2)CC1C3)C(=O)O. The zero-order valence-electron chi connectivity index (χ0n) is 18.0. The molecule has 1 amide bonds. The van der Waals surface area contributed by atoms with Gasteiger partial charge < -0.3 is 24.5 Å². The van der Waals surface area contributed by atoms with Crippen LogP contribution in [0.5, 0.6) is 0 Å². The molecule has 1 atom stereocenters. The molecule has 1 heterocycles. The van der Waals surface area contributed by atoms with Gasteiger partial charge in [-0.25, -0.2) is 14.6 Å². The summed E-state index contributed by atoms with van der Waals surface area (Å²) in [6.45, 7) is 5.57. The molecule has 4 aliphatic carbocycles. The molecule has 5 rings (SSSR count). The number of aromatic nitrogens is 2. The smallest absolute Gasteiger partial charge is 0.408 e. The summed E-state index contributed by atoms with van der Waals surface area (Å²) < 4.78 is 13.4. The lowest BCUT2D eigenvalue weighted by Crippen LogP contribution is -2.49. The first-order valence-corrected chi connectivity index (χ1v) is 11.0. The van der Waals surface area contributed by atoms with Gasteiger partial charge in [0.2, 0.25) is 0 Å². The van der Waals surface area contributed by atoms with E-state index in [4.69, 9.17) is 9.47 Å². The molecule has 166 valence electrons. The van der Waals surface area contributed by atoms with E-state index in [1.54, 1.807) is 33.3 Å². The highest BCUT2D eigenvalue weighted by Crippen LogP contribution is 2.54. The highest BCUT2D eigenvalue weighted by Gasteiger charge is 2.48. The summed E-state index contributed by atoms with van der Waals surface area (Å²) in [5.41, 5.74) is 0.0174. The van der Waals surface area contributed by atoms with Gasteiger partial charge in [-0.1, -0.05) is 0 Å². The summed E-state index contributed by atoms with van der Waals surface area (Å²) in [5, 5.41) is 12.0. The maximum atomic E-state index is 12.0. The fraction of sp³-hybridized carbons (Fsp3) is 0.773. The number of hydrogen-bond donors (Lipinski definition) is 2. The number of ether oxygens (including phenoxy) is 2. The van der Waals surface area contributed by atoms with Crippen LogP contribution in [0.25, 0.3) is 0 Å². The Hall–Kier alpha value is -2.09. The average molecular weight is 420 g/mol. The van der Waals surface area contributed by atoms with E-state index in [1.807, 2.05) is 4.57 Å². The molecule has 0 aromatic carbocycles. The third kappa shape index (κ3) is 4.79. The van der Waals surface area contributed by atoms with Crippen LogP contribution in [-0.4, -0.2) is 44.5 Å². The van der Waals surface area contributed by atoms with Crippen molar-refractivity contribution in [2.24, 2.45) is 23.7 Å². The number of alkyl carbamates (subject to hydrolysis) is 1. The molecule has 4 fully saturated rings. The van der Waals surface area contributed by atoms with Crippen LogP contribution in [0.2, 0.25) is 0 Å². The minimum atomic E-state index is -1.12. The number of nitrogens with zero attached hydrogens (tertiary/aromatic N) is 2. The van der Waals surface area contributed by atoms with Crippen LogP contribution in [0.1, 0.15) is 58.6 Å². The summed E-state index contributed by atoms with van der Waals surface area (Å²) >= 11 is 0. The van der Waals surface area contributed by atoms with E-state index < -0.39 is 23.7 Å². The van der Waals surface area contributed by atoms with Crippen molar-refractivity contribution in [2.75, 3.05) is 0 Å². The highest BCUT2D eigenvalue weighted by molar-refractivity contribution is 5.80. The van der Waals surface area contributed by atoms with E-state index in [1.165, 1.54) is 32.1 Å². The molecule has 4 saturated carbocycles. The third-order valence-corrected chi connectivity index (χ3v) is 6.75. The van der Waals surface area contributed by atoms with Crippen molar-refractivity contribution in [3.05, 3.63) is 18.2 Å². The van der Waals surface area contributed by atoms with Gasteiger partial charge in [-0.3, -0.25) is 0 Å². The molecule has 2 N–H and O–H groups in total. The second-order valence-corrected chi connectivity index (χ2v) is 10.3. The number of carbonyl (C=O) groups excluding carboxylic acids is 1. The Labute approximate surface area is 177 Å². The predicted molar refractivity (Wildman–Crippen MR) is 109 cm³/mol. The van der Waals surface area contributed by atoms with E-state index in [-0.39, 0.29) is 6.42 Å². The summed E-state index contributed by atoms with van der Waals surface area (Å²) in [5.74, 6) is 2.00. The minimum Gasteiger partial charge on any atom is -0.480 e. The Balaban J connectivity index is 1.35. The van der Waals surface area contributed by atoms with E-state index >= 15 is 0 Å². The van der Waals surface area contributed by atoms with E-state index in [9.17, 15) is 14.7 Å². The molecule has 0 saturated heterocycles. The van der Waals surface area contributed by atoms with E-state index in [0.29, 0.717) is 30.4 Å². The second kappa shape index (κ2) is 8.21. The first-order chi connectivity index (χ1) is 14.2. The van der Waals surface area contributed by atoms with Gasteiger partial charge in [0.1, 0.15) is 18.4 Å². The summed E-state index contributed by atoms with van der Waals surface area (Å²) in [6, 6.07) is -1.10. The van der Waals surface area contributed by atoms with Gasteiger partial charge in [-0.05, 0) is 76.5 Å². The van der Waals surface area contributed by atoms with Gasteiger partial charge in [-0.15, -0.1) is 0 Å². The Kier molecular flexibility index (Phi) is 5.79. The molecule has 1 aromatic heterocycles. The van der Waals surface area contributed by atoms with Crippen LogP contribution in [-0.2, 0) is 27.4 Å². The lowest BCUT2D eigenvalue weighted by atomic mass is 9.55.